The second kappa shape index (κ2) is 10.3. The lowest BCUT2D eigenvalue weighted by Gasteiger charge is -2.28. The highest BCUT2D eigenvalue weighted by Gasteiger charge is 2.34. The molecule has 1 fully saturated rings. The number of amides is 3. The van der Waals surface area contributed by atoms with Crippen LogP contribution in [0.4, 0.5) is 11.4 Å². The molecule has 0 bridgehead atoms. The summed E-state index contributed by atoms with van der Waals surface area (Å²) in [6.45, 7) is 3.77. The number of para-hydroxylation sites is 1. The Kier molecular flexibility index (Phi) is 7.03. The smallest absolute Gasteiger partial charge is 0.270 e. The predicted octanol–water partition coefficient (Wildman–Crippen LogP) is 4.15. The van der Waals surface area contributed by atoms with Gasteiger partial charge in [-0.25, -0.2) is 0 Å². The Bertz CT molecular complexity index is 1330. The summed E-state index contributed by atoms with van der Waals surface area (Å²) < 4.78 is 5.58. The number of nitrogens with zero attached hydrogens (tertiary/aromatic N) is 1. The Labute approximate surface area is 208 Å². The van der Waals surface area contributed by atoms with Gasteiger partial charge in [0, 0.05) is 5.69 Å². The van der Waals surface area contributed by atoms with Gasteiger partial charge in [0.25, 0.3) is 17.7 Å². The Morgan fingerprint density at radius 2 is 1.74 bits per heavy atom. The summed E-state index contributed by atoms with van der Waals surface area (Å²) >= 11 is 5.20. The van der Waals surface area contributed by atoms with E-state index in [1.165, 1.54) is 11.0 Å². The highest BCUT2D eigenvalue weighted by molar-refractivity contribution is 7.80. The van der Waals surface area contributed by atoms with Crippen molar-refractivity contribution in [2.45, 2.75) is 13.8 Å². The normalized spacial score (nSPS) is 14.6. The van der Waals surface area contributed by atoms with Crippen LogP contribution in [0.2, 0.25) is 0 Å². The standard InChI is InChI=1S/C27H23N3O4S/c1-17-8-13-23(18(2)14-17)28-24(31)16-34-21-11-9-19(10-12-21)15-22-25(32)29-27(35)30(26(22)33)20-6-4-3-5-7-20/h3-15H,16H2,1-2H3,(H,28,31)(H,29,32,35)/b22-15-. The van der Waals surface area contributed by atoms with Crippen molar-refractivity contribution in [2.24, 2.45) is 0 Å². The number of hydrogen-bond donors (Lipinski definition) is 2. The SMILES string of the molecule is Cc1ccc(NC(=O)COc2ccc(/C=C3/C(=O)NC(=S)N(c4ccccc4)C3=O)cc2)c(C)c1. The van der Waals surface area contributed by atoms with E-state index in [9.17, 15) is 14.4 Å². The van der Waals surface area contributed by atoms with Crippen molar-refractivity contribution in [3.8, 4) is 5.75 Å². The van der Waals surface area contributed by atoms with Gasteiger partial charge >= 0.3 is 0 Å². The molecule has 1 aliphatic rings. The van der Waals surface area contributed by atoms with Crippen molar-refractivity contribution in [1.29, 1.82) is 0 Å². The summed E-state index contributed by atoms with van der Waals surface area (Å²) in [6, 6.07) is 21.4. The summed E-state index contributed by atoms with van der Waals surface area (Å²) in [7, 11) is 0. The lowest BCUT2D eigenvalue weighted by atomic mass is 10.1. The van der Waals surface area contributed by atoms with Crippen molar-refractivity contribution in [1.82, 2.24) is 5.32 Å². The van der Waals surface area contributed by atoms with Gasteiger partial charge in [0.15, 0.2) is 11.7 Å². The van der Waals surface area contributed by atoms with Crippen LogP contribution in [-0.2, 0) is 14.4 Å². The average Bonchev–Trinajstić information content (AvgIpc) is 2.83. The fourth-order valence-corrected chi connectivity index (χ4v) is 3.87. The third-order valence-electron chi connectivity index (χ3n) is 5.33. The van der Waals surface area contributed by atoms with Crippen molar-refractivity contribution < 1.29 is 19.1 Å². The van der Waals surface area contributed by atoms with Crippen LogP contribution in [0, 0.1) is 13.8 Å². The Morgan fingerprint density at radius 3 is 2.43 bits per heavy atom. The van der Waals surface area contributed by atoms with E-state index in [-0.39, 0.29) is 23.2 Å². The van der Waals surface area contributed by atoms with E-state index in [1.54, 1.807) is 48.5 Å². The Hall–Kier alpha value is -4.30. The van der Waals surface area contributed by atoms with Gasteiger partial charge in [0.2, 0.25) is 0 Å². The first-order chi connectivity index (χ1) is 16.8. The van der Waals surface area contributed by atoms with Crippen LogP contribution >= 0.6 is 12.2 Å². The summed E-state index contributed by atoms with van der Waals surface area (Å²) in [6.07, 6.45) is 1.49. The Morgan fingerprint density at radius 1 is 1.03 bits per heavy atom. The van der Waals surface area contributed by atoms with Gasteiger partial charge in [0.05, 0.1) is 5.69 Å². The fraction of sp³-hybridized carbons (Fsp3) is 0.111. The maximum atomic E-state index is 13.0. The molecular weight excluding hydrogens is 462 g/mol. The molecule has 0 saturated carbocycles. The number of rotatable bonds is 6. The fourth-order valence-electron chi connectivity index (χ4n) is 3.58. The topological polar surface area (TPSA) is 87.7 Å². The number of carbonyl (C=O) groups is 3. The zero-order chi connectivity index (χ0) is 24.9. The molecule has 176 valence electrons. The third kappa shape index (κ3) is 5.62. The van der Waals surface area contributed by atoms with Crippen LogP contribution in [0.25, 0.3) is 6.08 Å². The van der Waals surface area contributed by atoms with Crippen LogP contribution in [0.3, 0.4) is 0 Å². The molecule has 35 heavy (non-hydrogen) atoms. The highest BCUT2D eigenvalue weighted by atomic mass is 32.1. The molecule has 0 radical (unpaired) electrons. The second-order valence-corrected chi connectivity index (χ2v) is 8.40. The number of thiocarbonyl (C=S) groups is 1. The van der Waals surface area contributed by atoms with E-state index in [1.807, 2.05) is 38.1 Å². The van der Waals surface area contributed by atoms with Crippen LogP contribution in [0.1, 0.15) is 16.7 Å². The molecule has 3 aromatic rings. The molecule has 2 N–H and O–H groups in total. The molecule has 4 rings (SSSR count). The predicted molar refractivity (Wildman–Crippen MR) is 139 cm³/mol. The van der Waals surface area contributed by atoms with Gasteiger partial charge in [-0.3, -0.25) is 24.6 Å². The number of carbonyl (C=O) groups excluding carboxylic acids is 3. The molecule has 0 spiro atoms. The van der Waals surface area contributed by atoms with E-state index in [0.717, 1.165) is 16.8 Å². The molecule has 0 aromatic heterocycles. The molecule has 1 saturated heterocycles. The second-order valence-electron chi connectivity index (χ2n) is 8.02. The van der Waals surface area contributed by atoms with Gasteiger partial charge in [-0.05, 0) is 73.6 Å². The molecule has 7 nitrogen and oxygen atoms in total. The van der Waals surface area contributed by atoms with Crippen molar-refractivity contribution >= 4 is 52.5 Å². The van der Waals surface area contributed by atoms with E-state index in [2.05, 4.69) is 10.6 Å². The number of hydrogen-bond acceptors (Lipinski definition) is 5. The first-order valence-corrected chi connectivity index (χ1v) is 11.3. The van der Waals surface area contributed by atoms with E-state index < -0.39 is 11.8 Å². The van der Waals surface area contributed by atoms with Crippen LogP contribution in [0.15, 0.2) is 78.4 Å². The largest absolute Gasteiger partial charge is 0.484 e. The summed E-state index contributed by atoms with van der Waals surface area (Å²) in [5.41, 5.74) is 3.99. The highest BCUT2D eigenvalue weighted by Crippen LogP contribution is 2.22. The van der Waals surface area contributed by atoms with Gasteiger partial charge in [-0.15, -0.1) is 0 Å². The van der Waals surface area contributed by atoms with Gasteiger partial charge in [0.1, 0.15) is 11.3 Å². The summed E-state index contributed by atoms with van der Waals surface area (Å²) in [5, 5.41) is 5.43. The van der Waals surface area contributed by atoms with Gasteiger partial charge in [-0.1, -0.05) is 48.0 Å². The van der Waals surface area contributed by atoms with E-state index in [4.69, 9.17) is 17.0 Å². The van der Waals surface area contributed by atoms with Gasteiger partial charge in [-0.2, -0.15) is 0 Å². The first-order valence-electron chi connectivity index (χ1n) is 10.9. The van der Waals surface area contributed by atoms with E-state index >= 15 is 0 Å². The summed E-state index contributed by atoms with van der Waals surface area (Å²) in [5.74, 6) is -0.858. The van der Waals surface area contributed by atoms with Gasteiger partial charge < -0.3 is 10.1 Å². The minimum Gasteiger partial charge on any atom is -0.484 e. The zero-order valence-electron chi connectivity index (χ0n) is 19.2. The van der Waals surface area contributed by atoms with Crippen LogP contribution in [-0.4, -0.2) is 29.4 Å². The van der Waals surface area contributed by atoms with Crippen LogP contribution < -0.4 is 20.3 Å². The number of anilines is 2. The average molecular weight is 486 g/mol. The molecule has 8 heteroatoms. The number of ether oxygens (including phenoxy) is 1. The molecule has 3 amide bonds. The maximum Gasteiger partial charge on any atom is 0.270 e. The van der Waals surface area contributed by atoms with Crippen LogP contribution in [0.5, 0.6) is 5.75 Å². The third-order valence-corrected chi connectivity index (χ3v) is 5.62. The lowest BCUT2D eigenvalue weighted by Crippen LogP contribution is -2.54. The minimum atomic E-state index is -0.560. The Balaban J connectivity index is 1.42. The maximum absolute atomic E-state index is 13.0. The van der Waals surface area contributed by atoms with Crippen molar-refractivity contribution in [2.75, 3.05) is 16.8 Å². The van der Waals surface area contributed by atoms with Crippen molar-refractivity contribution in [3.05, 3.63) is 95.1 Å². The van der Waals surface area contributed by atoms with Crippen molar-refractivity contribution in [3.63, 3.8) is 0 Å². The molecule has 0 aliphatic carbocycles. The van der Waals surface area contributed by atoms with E-state index in [0.29, 0.717) is 17.0 Å². The number of aryl methyl sites for hydroxylation is 2. The summed E-state index contributed by atoms with van der Waals surface area (Å²) in [4.78, 5) is 39.0. The quantitative estimate of drug-likeness (QED) is 0.311. The number of benzene rings is 3. The minimum absolute atomic E-state index is 0.0335. The lowest BCUT2D eigenvalue weighted by molar-refractivity contribution is -0.122. The monoisotopic (exact) mass is 485 g/mol. The zero-order valence-corrected chi connectivity index (χ0v) is 20.0. The number of nitrogens with one attached hydrogen (secondary N) is 2. The molecule has 0 atom stereocenters. The molecular formula is C27H23N3O4S. The molecule has 1 aliphatic heterocycles. The molecule has 1 heterocycles. The molecule has 3 aromatic carbocycles. The first kappa shape index (κ1) is 23.8. The molecule has 0 unspecified atom stereocenters.